The highest BCUT2D eigenvalue weighted by molar-refractivity contribution is 5.36. The molecule has 0 spiro atoms. The predicted molar refractivity (Wildman–Crippen MR) is 32.5 cm³/mol. The molecule has 2 heteroatoms. The number of allylic oxidation sites excluding steroid dienone is 2. The van der Waals surface area contributed by atoms with Crippen LogP contribution < -0.4 is 0 Å². The molecule has 0 amide bonds. The molecule has 0 N–H and O–H groups in total. The molecule has 0 aliphatic heterocycles. The standard InChI is InChI=1S/C7H8F2/c1-5-3-4-7(8,9)6(5)2/h1-4H2. The molecule has 0 bridgehead atoms. The molecule has 0 radical (unpaired) electrons. The predicted octanol–water partition coefficient (Wildman–Crippen LogP) is 2.53. The van der Waals surface area contributed by atoms with Gasteiger partial charge in [0.2, 0.25) is 0 Å². The largest absolute Gasteiger partial charge is 0.273 e. The van der Waals surface area contributed by atoms with Gasteiger partial charge in [-0.15, -0.1) is 0 Å². The molecule has 0 aromatic rings. The summed E-state index contributed by atoms with van der Waals surface area (Å²) in [6, 6.07) is 0. The Hall–Kier alpha value is -0.660. The zero-order valence-corrected chi connectivity index (χ0v) is 5.08. The first-order valence-corrected chi connectivity index (χ1v) is 2.79. The van der Waals surface area contributed by atoms with E-state index in [9.17, 15) is 8.78 Å². The Labute approximate surface area is 52.9 Å². The molecular weight excluding hydrogens is 122 g/mol. The van der Waals surface area contributed by atoms with Crippen LogP contribution in [0.4, 0.5) is 8.78 Å². The third-order valence-corrected chi connectivity index (χ3v) is 1.61. The van der Waals surface area contributed by atoms with Crippen molar-refractivity contribution in [2.45, 2.75) is 18.8 Å². The van der Waals surface area contributed by atoms with Gasteiger partial charge >= 0.3 is 0 Å². The summed E-state index contributed by atoms with van der Waals surface area (Å²) in [7, 11) is 0. The van der Waals surface area contributed by atoms with Crippen LogP contribution in [0.15, 0.2) is 24.3 Å². The molecule has 1 fully saturated rings. The van der Waals surface area contributed by atoms with Crippen LogP contribution in [0, 0.1) is 0 Å². The summed E-state index contributed by atoms with van der Waals surface area (Å²) in [6.45, 7) is 6.69. The maximum atomic E-state index is 12.4. The second-order valence-corrected chi connectivity index (χ2v) is 2.29. The van der Waals surface area contributed by atoms with E-state index < -0.39 is 5.92 Å². The minimum Gasteiger partial charge on any atom is -0.201 e. The third kappa shape index (κ3) is 0.889. The first kappa shape index (κ1) is 6.46. The van der Waals surface area contributed by atoms with E-state index in [1.165, 1.54) is 0 Å². The zero-order valence-electron chi connectivity index (χ0n) is 5.08. The van der Waals surface area contributed by atoms with Gasteiger partial charge in [0.25, 0.3) is 5.92 Å². The van der Waals surface area contributed by atoms with Crippen molar-refractivity contribution in [2.24, 2.45) is 0 Å². The van der Waals surface area contributed by atoms with E-state index in [1.807, 2.05) is 0 Å². The molecule has 0 nitrogen and oxygen atoms in total. The number of alkyl halides is 2. The lowest BCUT2D eigenvalue weighted by Gasteiger charge is -2.07. The molecule has 0 unspecified atom stereocenters. The van der Waals surface area contributed by atoms with Crippen molar-refractivity contribution in [3.05, 3.63) is 24.3 Å². The van der Waals surface area contributed by atoms with Gasteiger partial charge in [0.05, 0.1) is 0 Å². The second kappa shape index (κ2) is 1.66. The van der Waals surface area contributed by atoms with Gasteiger partial charge in [0, 0.05) is 12.0 Å². The van der Waals surface area contributed by atoms with E-state index in [-0.39, 0.29) is 12.0 Å². The van der Waals surface area contributed by atoms with E-state index in [1.54, 1.807) is 0 Å². The minimum absolute atomic E-state index is 0.0810. The maximum absolute atomic E-state index is 12.4. The topological polar surface area (TPSA) is 0 Å². The Morgan fingerprint density at radius 3 is 2.00 bits per heavy atom. The minimum atomic E-state index is -2.67. The zero-order chi connectivity index (χ0) is 7.07. The van der Waals surface area contributed by atoms with E-state index in [4.69, 9.17) is 0 Å². The van der Waals surface area contributed by atoms with Crippen molar-refractivity contribution in [1.29, 1.82) is 0 Å². The van der Waals surface area contributed by atoms with Gasteiger partial charge < -0.3 is 0 Å². The summed E-state index contributed by atoms with van der Waals surface area (Å²) >= 11 is 0. The van der Waals surface area contributed by atoms with Crippen molar-refractivity contribution in [2.75, 3.05) is 0 Å². The molecule has 0 saturated heterocycles. The Bertz CT molecular complexity index is 168. The maximum Gasteiger partial charge on any atom is 0.273 e. The van der Waals surface area contributed by atoms with Crippen LogP contribution >= 0.6 is 0 Å². The molecule has 1 aliphatic carbocycles. The van der Waals surface area contributed by atoms with Crippen LogP contribution in [0.3, 0.4) is 0 Å². The van der Waals surface area contributed by atoms with Gasteiger partial charge in [-0.05, 0) is 12.0 Å². The summed E-state index contributed by atoms with van der Waals surface area (Å²) in [5.41, 5.74) is 0.419. The van der Waals surface area contributed by atoms with Crippen LogP contribution in [0.5, 0.6) is 0 Å². The highest BCUT2D eigenvalue weighted by Crippen LogP contribution is 2.41. The van der Waals surface area contributed by atoms with Crippen molar-refractivity contribution in [3.63, 3.8) is 0 Å². The molecule has 0 atom stereocenters. The Morgan fingerprint density at radius 1 is 1.33 bits per heavy atom. The number of hydrogen-bond donors (Lipinski definition) is 0. The van der Waals surface area contributed by atoms with Gasteiger partial charge in [0.1, 0.15) is 0 Å². The molecule has 1 aliphatic rings. The van der Waals surface area contributed by atoms with E-state index in [2.05, 4.69) is 13.2 Å². The molecule has 0 aromatic heterocycles. The number of hydrogen-bond acceptors (Lipinski definition) is 0. The van der Waals surface area contributed by atoms with E-state index in [0.717, 1.165) is 0 Å². The van der Waals surface area contributed by atoms with Gasteiger partial charge in [-0.25, -0.2) is 8.78 Å². The molecule has 1 rings (SSSR count). The summed E-state index contributed by atoms with van der Waals surface area (Å²) in [6.07, 6.45) is 0.288. The first-order valence-electron chi connectivity index (χ1n) is 2.79. The average Bonchev–Trinajstić information content (AvgIpc) is 1.97. The van der Waals surface area contributed by atoms with Crippen molar-refractivity contribution in [1.82, 2.24) is 0 Å². The lowest BCUT2D eigenvalue weighted by atomic mass is 10.2. The lowest BCUT2D eigenvalue weighted by molar-refractivity contribution is 0.0502. The Kier molecular flexibility index (Phi) is 1.19. The van der Waals surface area contributed by atoms with Crippen LogP contribution in [0.1, 0.15) is 12.8 Å². The van der Waals surface area contributed by atoms with Gasteiger partial charge in [-0.2, -0.15) is 0 Å². The number of halogens is 2. The normalized spacial score (nSPS) is 25.1. The summed E-state index contributed by atoms with van der Waals surface area (Å²) in [5, 5.41) is 0. The second-order valence-electron chi connectivity index (χ2n) is 2.29. The van der Waals surface area contributed by atoms with E-state index >= 15 is 0 Å². The van der Waals surface area contributed by atoms with Gasteiger partial charge in [-0.1, -0.05) is 13.2 Å². The Balaban J connectivity index is 2.86. The van der Waals surface area contributed by atoms with Crippen molar-refractivity contribution in [3.8, 4) is 0 Å². The summed E-state index contributed by atoms with van der Waals surface area (Å²) in [4.78, 5) is 0. The van der Waals surface area contributed by atoms with Crippen LogP contribution in [0.2, 0.25) is 0 Å². The average molecular weight is 130 g/mol. The lowest BCUT2D eigenvalue weighted by Crippen LogP contribution is -2.10. The van der Waals surface area contributed by atoms with Crippen molar-refractivity contribution >= 4 is 0 Å². The molecule has 9 heavy (non-hydrogen) atoms. The molecule has 0 heterocycles. The van der Waals surface area contributed by atoms with Crippen molar-refractivity contribution < 1.29 is 8.78 Å². The third-order valence-electron chi connectivity index (χ3n) is 1.61. The smallest absolute Gasteiger partial charge is 0.201 e. The highest BCUT2D eigenvalue weighted by Gasteiger charge is 2.39. The summed E-state index contributed by atoms with van der Waals surface area (Å²) < 4.78 is 24.9. The molecule has 50 valence electrons. The summed E-state index contributed by atoms with van der Waals surface area (Å²) in [5.74, 6) is -2.67. The fourth-order valence-electron chi connectivity index (χ4n) is 0.868. The molecule has 0 aromatic carbocycles. The van der Waals surface area contributed by atoms with Crippen LogP contribution in [-0.2, 0) is 0 Å². The Morgan fingerprint density at radius 2 is 1.89 bits per heavy atom. The van der Waals surface area contributed by atoms with E-state index in [0.29, 0.717) is 12.0 Å². The monoisotopic (exact) mass is 130 g/mol. The van der Waals surface area contributed by atoms with Crippen LogP contribution in [0.25, 0.3) is 0 Å². The fourth-order valence-corrected chi connectivity index (χ4v) is 0.868. The first-order chi connectivity index (χ1) is 4.04. The molecular formula is C7H8F2. The SMILES string of the molecule is C=C1CCC(F)(F)C1=C. The number of rotatable bonds is 0. The van der Waals surface area contributed by atoms with Gasteiger partial charge in [-0.3, -0.25) is 0 Å². The molecule has 1 saturated carbocycles. The highest BCUT2D eigenvalue weighted by atomic mass is 19.3. The fraction of sp³-hybridized carbons (Fsp3) is 0.429. The van der Waals surface area contributed by atoms with Gasteiger partial charge in [0.15, 0.2) is 0 Å². The van der Waals surface area contributed by atoms with Crippen LogP contribution in [-0.4, -0.2) is 5.92 Å². The quantitative estimate of drug-likeness (QED) is 0.472.